The van der Waals surface area contributed by atoms with Crippen molar-refractivity contribution in [2.24, 2.45) is 0 Å². The summed E-state index contributed by atoms with van der Waals surface area (Å²) < 4.78 is 4.93. The standard InChI is InChI=1S/C15H16ClN3O2/c1-10-13(18-9-8-17-10)15(2,14(20)21-3)19-12-6-4-11(16)5-7-12/h4-9,19H,1-3H3. The first kappa shape index (κ1) is 15.3. The number of nitrogens with zero attached hydrogens (tertiary/aromatic N) is 2. The Bertz CT molecular complexity index is 646. The number of carbonyl (C=O) groups excluding carboxylic acids is 1. The number of anilines is 1. The van der Waals surface area contributed by atoms with Crippen molar-refractivity contribution in [1.82, 2.24) is 9.97 Å². The lowest BCUT2D eigenvalue weighted by molar-refractivity contribution is -0.145. The van der Waals surface area contributed by atoms with Crippen LogP contribution in [0.25, 0.3) is 0 Å². The van der Waals surface area contributed by atoms with Crippen LogP contribution in [0.5, 0.6) is 0 Å². The van der Waals surface area contributed by atoms with E-state index in [0.29, 0.717) is 16.4 Å². The van der Waals surface area contributed by atoms with E-state index in [9.17, 15) is 4.79 Å². The molecule has 0 saturated carbocycles. The van der Waals surface area contributed by atoms with Crippen molar-refractivity contribution in [3.8, 4) is 0 Å². The summed E-state index contributed by atoms with van der Waals surface area (Å²) in [6.45, 7) is 3.51. The Balaban J connectivity index is 2.45. The molecule has 1 unspecified atom stereocenters. The average molecular weight is 306 g/mol. The van der Waals surface area contributed by atoms with E-state index in [1.165, 1.54) is 7.11 Å². The normalized spacial score (nSPS) is 13.3. The molecule has 6 heteroatoms. The van der Waals surface area contributed by atoms with Gasteiger partial charge >= 0.3 is 5.97 Å². The Morgan fingerprint density at radius 1 is 1.24 bits per heavy atom. The summed E-state index contributed by atoms with van der Waals surface area (Å²) in [5, 5.41) is 3.78. The quantitative estimate of drug-likeness (QED) is 0.880. The lowest BCUT2D eigenvalue weighted by atomic mass is 9.95. The molecule has 2 rings (SSSR count). The highest BCUT2D eigenvalue weighted by molar-refractivity contribution is 6.30. The molecule has 1 aromatic carbocycles. The van der Waals surface area contributed by atoms with Crippen LogP contribution >= 0.6 is 11.6 Å². The number of rotatable bonds is 4. The Morgan fingerprint density at radius 2 is 1.86 bits per heavy atom. The zero-order valence-corrected chi connectivity index (χ0v) is 12.8. The molecule has 0 bridgehead atoms. The van der Waals surface area contributed by atoms with Gasteiger partial charge in [0.15, 0.2) is 5.54 Å². The van der Waals surface area contributed by atoms with Gasteiger partial charge in [-0.15, -0.1) is 0 Å². The van der Waals surface area contributed by atoms with Crippen LogP contribution in [0.2, 0.25) is 5.02 Å². The summed E-state index contributed by atoms with van der Waals surface area (Å²) >= 11 is 5.87. The number of halogens is 1. The second-order valence-electron chi connectivity index (χ2n) is 4.74. The van der Waals surface area contributed by atoms with Crippen LogP contribution < -0.4 is 5.32 Å². The number of methoxy groups -OCH3 is 1. The Hall–Kier alpha value is -2.14. The summed E-state index contributed by atoms with van der Waals surface area (Å²) in [4.78, 5) is 20.7. The fraction of sp³-hybridized carbons (Fsp3) is 0.267. The lowest BCUT2D eigenvalue weighted by Gasteiger charge is -2.29. The third-order valence-corrected chi connectivity index (χ3v) is 3.44. The van der Waals surface area contributed by atoms with Crippen LogP contribution in [0.3, 0.4) is 0 Å². The minimum Gasteiger partial charge on any atom is -0.467 e. The largest absolute Gasteiger partial charge is 0.467 e. The zero-order valence-electron chi connectivity index (χ0n) is 12.1. The average Bonchev–Trinajstić information content (AvgIpc) is 2.49. The van der Waals surface area contributed by atoms with Gasteiger partial charge in [0.05, 0.1) is 18.5 Å². The number of hydrogen-bond acceptors (Lipinski definition) is 5. The predicted octanol–water partition coefficient (Wildman–Crippen LogP) is 2.94. The molecule has 1 heterocycles. The highest BCUT2D eigenvalue weighted by Crippen LogP contribution is 2.28. The summed E-state index contributed by atoms with van der Waals surface area (Å²) in [6.07, 6.45) is 3.13. The molecular weight excluding hydrogens is 290 g/mol. The van der Waals surface area contributed by atoms with Crippen LogP contribution in [-0.4, -0.2) is 23.0 Å². The minimum atomic E-state index is -1.14. The molecular formula is C15H16ClN3O2. The van der Waals surface area contributed by atoms with Crippen LogP contribution in [0.15, 0.2) is 36.7 Å². The third kappa shape index (κ3) is 3.13. The van der Waals surface area contributed by atoms with Gasteiger partial charge in [0.25, 0.3) is 0 Å². The predicted molar refractivity (Wildman–Crippen MR) is 81.2 cm³/mol. The van der Waals surface area contributed by atoms with Crippen LogP contribution in [0, 0.1) is 6.92 Å². The van der Waals surface area contributed by atoms with Gasteiger partial charge in [-0.3, -0.25) is 9.97 Å². The summed E-state index contributed by atoms with van der Waals surface area (Å²) in [5.74, 6) is -0.443. The second-order valence-corrected chi connectivity index (χ2v) is 5.18. The smallest absolute Gasteiger partial charge is 0.337 e. The van der Waals surface area contributed by atoms with Crippen molar-refractivity contribution in [2.45, 2.75) is 19.4 Å². The molecule has 0 radical (unpaired) electrons. The number of nitrogens with one attached hydrogen (secondary N) is 1. The maximum Gasteiger partial charge on any atom is 0.337 e. The first-order valence-corrected chi connectivity index (χ1v) is 6.75. The first-order chi connectivity index (χ1) is 9.97. The SMILES string of the molecule is COC(=O)C(C)(Nc1ccc(Cl)cc1)c1nccnc1C. The fourth-order valence-corrected chi connectivity index (χ4v) is 2.26. The Morgan fingerprint density at radius 3 is 2.43 bits per heavy atom. The number of ether oxygens (including phenoxy) is 1. The summed E-state index contributed by atoms with van der Waals surface area (Å²) in [5.41, 5.74) is 0.775. The topological polar surface area (TPSA) is 64.1 Å². The van der Waals surface area contributed by atoms with Crippen LogP contribution in [0.1, 0.15) is 18.3 Å². The van der Waals surface area contributed by atoms with Gasteiger partial charge < -0.3 is 10.1 Å². The number of aromatic nitrogens is 2. The van der Waals surface area contributed by atoms with Gasteiger partial charge in [-0.05, 0) is 38.1 Å². The minimum absolute atomic E-state index is 0.443. The molecule has 0 aliphatic rings. The van der Waals surface area contributed by atoms with Gasteiger partial charge in [0.1, 0.15) is 0 Å². The highest BCUT2D eigenvalue weighted by Gasteiger charge is 2.39. The number of esters is 1. The first-order valence-electron chi connectivity index (χ1n) is 6.37. The van der Waals surface area contributed by atoms with Gasteiger partial charge in [-0.25, -0.2) is 4.79 Å². The van der Waals surface area contributed by atoms with Crippen LogP contribution in [0.4, 0.5) is 5.69 Å². The summed E-state index contributed by atoms with van der Waals surface area (Å²) in [7, 11) is 1.34. The summed E-state index contributed by atoms with van der Waals surface area (Å²) in [6, 6.07) is 7.06. The molecule has 0 aliphatic carbocycles. The maximum atomic E-state index is 12.3. The molecule has 0 amide bonds. The second kappa shape index (κ2) is 6.10. The van der Waals surface area contributed by atoms with E-state index in [1.807, 2.05) is 0 Å². The van der Waals surface area contributed by atoms with E-state index >= 15 is 0 Å². The van der Waals surface area contributed by atoms with Gasteiger partial charge in [0.2, 0.25) is 0 Å². The zero-order chi connectivity index (χ0) is 15.5. The van der Waals surface area contributed by atoms with Crippen molar-refractivity contribution >= 4 is 23.3 Å². The van der Waals surface area contributed by atoms with E-state index in [-0.39, 0.29) is 0 Å². The van der Waals surface area contributed by atoms with Crippen molar-refractivity contribution < 1.29 is 9.53 Å². The molecule has 0 fully saturated rings. The molecule has 2 aromatic rings. The number of hydrogen-bond donors (Lipinski definition) is 1. The molecule has 110 valence electrons. The molecule has 1 N–H and O–H groups in total. The number of benzene rings is 1. The number of aryl methyl sites for hydroxylation is 1. The van der Waals surface area contributed by atoms with Gasteiger partial charge in [0, 0.05) is 23.1 Å². The molecule has 1 atom stereocenters. The molecule has 1 aromatic heterocycles. The van der Waals surface area contributed by atoms with Crippen molar-refractivity contribution in [1.29, 1.82) is 0 Å². The van der Waals surface area contributed by atoms with E-state index in [1.54, 1.807) is 50.5 Å². The van der Waals surface area contributed by atoms with Gasteiger partial charge in [-0.2, -0.15) is 0 Å². The van der Waals surface area contributed by atoms with Crippen molar-refractivity contribution in [3.63, 3.8) is 0 Å². The lowest BCUT2D eigenvalue weighted by Crippen LogP contribution is -2.43. The molecule has 21 heavy (non-hydrogen) atoms. The Kier molecular flexibility index (Phi) is 4.43. The van der Waals surface area contributed by atoms with Gasteiger partial charge in [-0.1, -0.05) is 11.6 Å². The molecule has 5 nitrogen and oxygen atoms in total. The molecule has 0 aliphatic heterocycles. The van der Waals surface area contributed by atoms with E-state index in [0.717, 1.165) is 5.69 Å². The van der Waals surface area contributed by atoms with Crippen molar-refractivity contribution in [2.75, 3.05) is 12.4 Å². The monoisotopic (exact) mass is 305 g/mol. The highest BCUT2D eigenvalue weighted by atomic mass is 35.5. The van der Waals surface area contributed by atoms with E-state index < -0.39 is 11.5 Å². The molecule has 0 saturated heterocycles. The van der Waals surface area contributed by atoms with E-state index in [2.05, 4.69) is 15.3 Å². The molecule has 0 spiro atoms. The van der Waals surface area contributed by atoms with E-state index in [4.69, 9.17) is 16.3 Å². The number of carbonyl (C=O) groups is 1. The van der Waals surface area contributed by atoms with Crippen LogP contribution in [-0.2, 0) is 15.1 Å². The third-order valence-electron chi connectivity index (χ3n) is 3.19. The van der Waals surface area contributed by atoms with Crippen molar-refractivity contribution in [3.05, 3.63) is 53.1 Å². The fourth-order valence-electron chi connectivity index (χ4n) is 2.13. The Labute approximate surface area is 128 Å². The maximum absolute atomic E-state index is 12.3.